The Balaban J connectivity index is 0.000000164. The van der Waals surface area contributed by atoms with Gasteiger partial charge < -0.3 is 29.1 Å². The number of aryl methyl sites for hydroxylation is 2. The third-order valence-corrected chi connectivity index (χ3v) is 14.1. The number of ether oxygens (including phenoxy) is 3. The lowest BCUT2D eigenvalue weighted by atomic mass is 9.88. The van der Waals surface area contributed by atoms with Crippen molar-refractivity contribution in [3.8, 4) is 0 Å². The van der Waals surface area contributed by atoms with Gasteiger partial charge in [-0.15, -0.1) is 0 Å². The Kier molecular flexibility index (Phi) is 21.2. The van der Waals surface area contributed by atoms with Gasteiger partial charge in [0.25, 0.3) is 0 Å². The van der Waals surface area contributed by atoms with E-state index < -0.39 is 11.6 Å². The minimum absolute atomic E-state index is 0.203. The first-order valence-corrected chi connectivity index (χ1v) is 26.4. The lowest BCUT2D eigenvalue weighted by molar-refractivity contribution is -0.142. The summed E-state index contributed by atoms with van der Waals surface area (Å²) in [6.07, 6.45) is 7.06. The number of rotatable bonds is 15. The van der Waals surface area contributed by atoms with Crippen LogP contribution in [0.1, 0.15) is 77.5 Å². The molecule has 3 aliphatic rings. The van der Waals surface area contributed by atoms with E-state index >= 15 is 0 Å². The van der Waals surface area contributed by atoms with Crippen molar-refractivity contribution in [3.05, 3.63) is 206 Å². The summed E-state index contributed by atoms with van der Waals surface area (Å²) in [7, 11) is 4.09. The van der Waals surface area contributed by atoms with Crippen LogP contribution in [-0.4, -0.2) is 140 Å². The number of carboxylic acids is 1. The summed E-state index contributed by atoms with van der Waals surface area (Å²) in [4.78, 5) is 40.5. The van der Waals surface area contributed by atoms with Crippen LogP contribution in [0.25, 0.3) is 5.57 Å². The van der Waals surface area contributed by atoms with Crippen LogP contribution in [0.4, 0.5) is 4.79 Å². The van der Waals surface area contributed by atoms with Crippen molar-refractivity contribution in [2.75, 3.05) is 92.9 Å². The van der Waals surface area contributed by atoms with Crippen LogP contribution >= 0.6 is 23.2 Å². The van der Waals surface area contributed by atoms with Crippen molar-refractivity contribution in [3.63, 3.8) is 0 Å². The molecule has 2 aliphatic heterocycles. The number of piperidine rings is 1. The summed E-state index contributed by atoms with van der Waals surface area (Å²) in [5.41, 5.74) is 11.5. The predicted octanol–water partition coefficient (Wildman–Crippen LogP) is 11.0. The molecule has 2 aromatic heterocycles. The maximum atomic E-state index is 12.0. The highest BCUT2D eigenvalue weighted by atomic mass is 35.5. The Labute approximate surface area is 447 Å². The average Bonchev–Trinajstić information content (AvgIpc) is 3.58. The van der Waals surface area contributed by atoms with E-state index in [1.165, 1.54) is 39.0 Å². The Morgan fingerprint density at radius 3 is 2.03 bits per heavy atom. The summed E-state index contributed by atoms with van der Waals surface area (Å²) >= 11 is 12.3. The molecule has 9 rings (SSSR count). The van der Waals surface area contributed by atoms with Crippen LogP contribution in [0.3, 0.4) is 0 Å². The molecule has 4 heterocycles. The largest absolute Gasteiger partial charge is 0.480 e. The molecule has 4 aromatic carbocycles. The normalized spacial score (nSPS) is 16.0. The van der Waals surface area contributed by atoms with E-state index in [-0.39, 0.29) is 18.7 Å². The summed E-state index contributed by atoms with van der Waals surface area (Å²) in [5, 5.41) is 10.1. The highest BCUT2D eigenvalue weighted by molar-refractivity contribution is 6.31. The van der Waals surface area contributed by atoms with Gasteiger partial charge in [0, 0.05) is 80.4 Å². The fourth-order valence-electron chi connectivity index (χ4n) is 9.69. The molecule has 390 valence electrons. The number of hydrogen-bond donors (Lipinski definition) is 1. The van der Waals surface area contributed by atoms with Gasteiger partial charge in [0.1, 0.15) is 12.2 Å². The zero-order valence-corrected chi connectivity index (χ0v) is 44.7. The number of carbonyl (C=O) groups excluding carboxylic acids is 1. The Morgan fingerprint density at radius 1 is 0.716 bits per heavy atom. The lowest BCUT2D eigenvalue weighted by Gasteiger charge is -2.39. The minimum Gasteiger partial charge on any atom is -0.480 e. The number of likely N-dealkylation sites (N-methyl/N-ethyl adjacent to an activating group) is 1. The van der Waals surface area contributed by atoms with Crippen LogP contribution in [0.15, 0.2) is 151 Å². The van der Waals surface area contributed by atoms with Crippen LogP contribution in [0, 0.1) is 0 Å². The molecule has 2 saturated heterocycles. The number of hydrogen-bond acceptors (Lipinski definition) is 10. The smallest absolute Gasteiger partial charge is 0.409 e. The Bertz CT molecular complexity index is 2670. The molecule has 1 amide bonds. The van der Waals surface area contributed by atoms with Crippen molar-refractivity contribution in [1.82, 2.24) is 29.6 Å². The number of likely N-dealkylation sites (tertiary alicyclic amines) is 1. The number of nitrogens with zero attached hydrogens (tertiary/aromatic N) is 6. The molecule has 0 saturated carbocycles. The molecular weight excluding hydrogens is 972 g/mol. The molecule has 2 atom stereocenters. The van der Waals surface area contributed by atoms with Crippen molar-refractivity contribution < 1.29 is 28.9 Å². The standard InChI is InChI=1S/C22H23ClN2O2.C21H25ClN2O3.C17H22N2O/c1-2-27-22(26)25-12-9-15(10-13-25)20-19-8-7-18(23)14-17(19)6-5-16-4-3-11-24-21(16)20;22-19-8-6-18(7-9-19)21(17-4-2-1-3-5-17)24-12-10-23(11-13-24)14-15-27-16-20(25)26;1-17(20-14-13-19(2)3,15-9-5-4-6-10-15)16-11-7-8-12-18-16/h3-4,7-8,11,14H,2,5-6,9-10,12-13H2,1H3;1-9,21H,10-16H2,(H,25,26);4-12H,13-14H2,1-3H3. The van der Waals surface area contributed by atoms with Crippen LogP contribution in [-0.2, 0) is 37.4 Å². The van der Waals surface area contributed by atoms with Gasteiger partial charge >= 0.3 is 12.1 Å². The summed E-state index contributed by atoms with van der Waals surface area (Å²) in [5.74, 6) is -0.923. The molecule has 6 aromatic rings. The molecule has 0 spiro atoms. The number of halogens is 2. The number of carbonyl (C=O) groups is 2. The van der Waals surface area contributed by atoms with Crippen molar-refractivity contribution in [2.45, 2.75) is 51.2 Å². The van der Waals surface area contributed by atoms with E-state index in [0.717, 1.165) is 91.9 Å². The second-order valence-corrected chi connectivity index (χ2v) is 19.8. The van der Waals surface area contributed by atoms with Gasteiger partial charge in [-0.2, -0.15) is 0 Å². The SMILES string of the molecule is CCOC(=O)N1CCC(=C2c3ccc(Cl)cc3CCc3cccnc32)CC1.CN(C)CCOC(C)(c1ccccc1)c1ccccn1.O=C(O)COCCN1CCN(C(c2ccccc2)c2ccc(Cl)cc2)CC1. The lowest BCUT2D eigenvalue weighted by Crippen LogP contribution is -2.48. The molecule has 2 unspecified atom stereocenters. The number of aromatic nitrogens is 2. The summed E-state index contributed by atoms with van der Waals surface area (Å²) in [6.45, 7) is 12.0. The number of aliphatic carboxylic acids is 1. The minimum atomic E-state index is -0.923. The second kappa shape index (κ2) is 28.1. The molecule has 2 fully saturated rings. The monoisotopic (exact) mass is 1040 g/mol. The van der Waals surface area contributed by atoms with E-state index in [0.29, 0.717) is 32.9 Å². The van der Waals surface area contributed by atoms with Gasteiger partial charge in [0.15, 0.2) is 0 Å². The molecular formula is C60H70Cl2N6O6. The fraction of sp³-hybridized carbons (Fsp3) is 0.367. The number of benzene rings is 4. The van der Waals surface area contributed by atoms with Gasteiger partial charge in [-0.1, -0.05) is 120 Å². The quantitative estimate of drug-likeness (QED) is 0.0990. The first-order valence-electron chi connectivity index (χ1n) is 25.6. The van der Waals surface area contributed by atoms with Crippen molar-refractivity contribution in [1.29, 1.82) is 0 Å². The van der Waals surface area contributed by atoms with Gasteiger partial charge in [-0.25, -0.2) is 9.59 Å². The number of carboxylic acid groups (broad SMARTS) is 1. The van der Waals surface area contributed by atoms with Gasteiger partial charge in [0.2, 0.25) is 0 Å². The van der Waals surface area contributed by atoms with E-state index in [9.17, 15) is 9.59 Å². The summed E-state index contributed by atoms with van der Waals surface area (Å²) < 4.78 is 16.5. The third kappa shape index (κ3) is 15.5. The number of pyridine rings is 2. The van der Waals surface area contributed by atoms with Crippen LogP contribution in [0.2, 0.25) is 10.0 Å². The summed E-state index contributed by atoms with van der Waals surface area (Å²) in [6, 6.07) is 45.4. The van der Waals surface area contributed by atoms with Crippen LogP contribution < -0.4 is 0 Å². The maximum Gasteiger partial charge on any atom is 0.409 e. The maximum absolute atomic E-state index is 12.0. The van der Waals surface area contributed by atoms with E-state index in [1.807, 2.05) is 100 Å². The Hall–Kier alpha value is -5.96. The first kappa shape index (κ1) is 55.8. The molecule has 74 heavy (non-hydrogen) atoms. The zero-order valence-electron chi connectivity index (χ0n) is 43.2. The van der Waals surface area contributed by atoms with E-state index in [2.05, 4.69) is 93.3 Å². The van der Waals surface area contributed by atoms with Crippen molar-refractivity contribution in [2.24, 2.45) is 0 Å². The number of piperazine rings is 1. The molecule has 0 radical (unpaired) electrons. The number of fused-ring (bicyclic) bond motifs is 2. The second-order valence-electron chi connectivity index (χ2n) is 18.9. The Morgan fingerprint density at radius 2 is 1.36 bits per heavy atom. The topological polar surface area (TPSA) is 121 Å². The van der Waals surface area contributed by atoms with Crippen LogP contribution in [0.5, 0.6) is 0 Å². The third-order valence-electron chi connectivity index (χ3n) is 13.6. The predicted molar refractivity (Wildman–Crippen MR) is 295 cm³/mol. The van der Waals surface area contributed by atoms with E-state index in [1.54, 1.807) is 4.90 Å². The van der Waals surface area contributed by atoms with Gasteiger partial charge in [-0.05, 0) is 129 Å². The highest BCUT2D eigenvalue weighted by Crippen LogP contribution is 2.39. The van der Waals surface area contributed by atoms with Crippen molar-refractivity contribution >= 4 is 40.8 Å². The fourth-order valence-corrected chi connectivity index (χ4v) is 10.0. The first-order chi connectivity index (χ1) is 35.9. The van der Waals surface area contributed by atoms with Gasteiger partial charge in [0.05, 0.1) is 37.3 Å². The molecule has 1 N–H and O–H groups in total. The zero-order chi connectivity index (χ0) is 52.3. The average molecular weight is 1040 g/mol. The molecule has 1 aliphatic carbocycles. The van der Waals surface area contributed by atoms with Gasteiger partial charge in [-0.3, -0.25) is 19.8 Å². The number of amides is 1. The molecule has 12 nitrogen and oxygen atoms in total. The highest BCUT2D eigenvalue weighted by Gasteiger charge is 2.32. The molecule has 14 heteroatoms. The van der Waals surface area contributed by atoms with E-state index in [4.69, 9.17) is 47.5 Å². The molecule has 0 bridgehead atoms.